The van der Waals surface area contributed by atoms with Gasteiger partial charge in [0.1, 0.15) is 0 Å². The fourth-order valence-corrected chi connectivity index (χ4v) is 3.34. The minimum atomic E-state index is -0.0551. The lowest BCUT2D eigenvalue weighted by atomic mass is 9.78. The van der Waals surface area contributed by atoms with Gasteiger partial charge >= 0.3 is 6.03 Å². The summed E-state index contributed by atoms with van der Waals surface area (Å²) in [6, 6.07) is 9.06. The average Bonchev–Trinajstić information content (AvgIpc) is 2.92. The van der Waals surface area contributed by atoms with Crippen LogP contribution >= 0.6 is 0 Å². The topological polar surface area (TPSA) is 68.2 Å². The highest BCUT2D eigenvalue weighted by molar-refractivity contribution is 5.89. The van der Waals surface area contributed by atoms with Crippen molar-refractivity contribution >= 4 is 11.7 Å². The molecule has 2 fully saturated rings. The van der Waals surface area contributed by atoms with Crippen molar-refractivity contribution in [1.82, 2.24) is 10.2 Å². The molecule has 0 aliphatic carbocycles. The first-order valence-electron chi connectivity index (χ1n) is 7.48. The largest absolute Gasteiger partial charge is 0.324 e. The van der Waals surface area contributed by atoms with Gasteiger partial charge in [-0.1, -0.05) is 6.07 Å². The monoisotopic (exact) mass is 284 g/mol. The number of rotatable bonds is 1. The van der Waals surface area contributed by atoms with Crippen LogP contribution in [0.1, 0.15) is 24.8 Å². The van der Waals surface area contributed by atoms with Crippen LogP contribution in [0.25, 0.3) is 0 Å². The molecule has 3 rings (SSSR count). The van der Waals surface area contributed by atoms with Crippen LogP contribution in [0.3, 0.4) is 0 Å². The van der Waals surface area contributed by atoms with Crippen molar-refractivity contribution in [2.24, 2.45) is 5.41 Å². The first kappa shape index (κ1) is 13.9. The van der Waals surface area contributed by atoms with Crippen LogP contribution in [0.5, 0.6) is 0 Å². The standard InChI is InChI=1S/C16H20N4O/c17-11-13-2-1-3-14(10-13)19-15(21)20-9-6-16(12-20)4-7-18-8-5-16/h1-3,10,18H,4-9,12H2,(H,19,21). The smallest absolute Gasteiger partial charge is 0.321 e. The molecule has 0 bridgehead atoms. The third kappa shape index (κ3) is 3.01. The third-order valence-electron chi connectivity index (χ3n) is 4.63. The third-order valence-corrected chi connectivity index (χ3v) is 4.63. The number of benzene rings is 1. The Morgan fingerprint density at radius 2 is 2.14 bits per heavy atom. The maximum Gasteiger partial charge on any atom is 0.321 e. The van der Waals surface area contributed by atoms with Crippen molar-refractivity contribution in [3.05, 3.63) is 29.8 Å². The molecule has 2 aliphatic rings. The number of carbonyl (C=O) groups is 1. The van der Waals surface area contributed by atoms with E-state index in [1.54, 1.807) is 18.2 Å². The summed E-state index contributed by atoms with van der Waals surface area (Å²) in [5, 5.41) is 15.2. The first-order chi connectivity index (χ1) is 10.2. The highest BCUT2D eigenvalue weighted by atomic mass is 16.2. The van der Waals surface area contributed by atoms with E-state index in [-0.39, 0.29) is 6.03 Å². The molecule has 110 valence electrons. The number of nitriles is 1. The molecule has 1 spiro atoms. The highest BCUT2D eigenvalue weighted by Crippen LogP contribution is 2.38. The number of hydrogen-bond acceptors (Lipinski definition) is 3. The second kappa shape index (κ2) is 5.74. The van der Waals surface area contributed by atoms with E-state index in [0.717, 1.165) is 45.4 Å². The molecular weight excluding hydrogens is 264 g/mol. The number of anilines is 1. The lowest BCUT2D eigenvalue weighted by molar-refractivity contribution is 0.191. The normalized spacial score (nSPS) is 20.2. The van der Waals surface area contributed by atoms with Crippen LogP contribution in [-0.4, -0.2) is 37.1 Å². The van der Waals surface area contributed by atoms with Crippen LogP contribution in [0.15, 0.2) is 24.3 Å². The van der Waals surface area contributed by atoms with Crippen LogP contribution < -0.4 is 10.6 Å². The number of carbonyl (C=O) groups excluding carboxylic acids is 1. The van der Waals surface area contributed by atoms with E-state index < -0.39 is 0 Å². The fraction of sp³-hybridized carbons (Fsp3) is 0.500. The summed E-state index contributed by atoms with van der Waals surface area (Å²) in [6.07, 6.45) is 3.40. The van der Waals surface area contributed by atoms with E-state index >= 15 is 0 Å². The molecule has 2 aliphatic heterocycles. The SMILES string of the molecule is N#Cc1cccc(NC(=O)N2CCC3(CCNCC3)C2)c1. The van der Waals surface area contributed by atoms with Gasteiger partial charge in [0.05, 0.1) is 11.6 Å². The van der Waals surface area contributed by atoms with Gasteiger partial charge in [-0.15, -0.1) is 0 Å². The molecule has 5 heteroatoms. The molecule has 2 N–H and O–H groups in total. The molecule has 1 aromatic carbocycles. The molecule has 2 heterocycles. The van der Waals surface area contributed by atoms with Gasteiger partial charge in [-0.3, -0.25) is 0 Å². The second-order valence-corrected chi connectivity index (χ2v) is 6.04. The summed E-state index contributed by atoms with van der Waals surface area (Å²) in [6.45, 7) is 3.78. The van der Waals surface area contributed by atoms with Gasteiger partial charge in [0.25, 0.3) is 0 Å². The Kier molecular flexibility index (Phi) is 3.80. The van der Waals surface area contributed by atoms with E-state index in [0.29, 0.717) is 16.7 Å². The summed E-state index contributed by atoms with van der Waals surface area (Å²) < 4.78 is 0. The summed E-state index contributed by atoms with van der Waals surface area (Å²) in [4.78, 5) is 14.3. The molecule has 1 aromatic rings. The molecule has 21 heavy (non-hydrogen) atoms. The summed E-state index contributed by atoms with van der Waals surface area (Å²) in [5.74, 6) is 0. The Balaban J connectivity index is 1.62. The van der Waals surface area contributed by atoms with Crippen LogP contribution in [-0.2, 0) is 0 Å². The van der Waals surface area contributed by atoms with E-state index in [2.05, 4.69) is 16.7 Å². The van der Waals surface area contributed by atoms with Crippen molar-refractivity contribution < 1.29 is 4.79 Å². The lowest BCUT2D eigenvalue weighted by Gasteiger charge is -2.33. The molecule has 2 amide bonds. The average molecular weight is 284 g/mol. The van der Waals surface area contributed by atoms with Crippen molar-refractivity contribution in [2.45, 2.75) is 19.3 Å². The van der Waals surface area contributed by atoms with Gasteiger partial charge in [-0.25, -0.2) is 4.79 Å². The molecule has 5 nitrogen and oxygen atoms in total. The van der Waals surface area contributed by atoms with Gasteiger partial charge in [-0.2, -0.15) is 5.26 Å². The number of amides is 2. The zero-order valence-corrected chi connectivity index (χ0v) is 12.1. The van der Waals surface area contributed by atoms with Gasteiger partial charge in [0, 0.05) is 18.8 Å². The minimum Gasteiger partial charge on any atom is -0.324 e. The number of nitrogens with zero attached hydrogens (tertiary/aromatic N) is 2. The van der Waals surface area contributed by atoms with Crippen LogP contribution in [0, 0.1) is 16.7 Å². The van der Waals surface area contributed by atoms with Gasteiger partial charge in [-0.05, 0) is 56.0 Å². The number of piperidine rings is 1. The summed E-state index contributed by atoms with van der Waals surface area (Å²) in [5.41, 5.74) is 1.56. The van der Waals surface area contributed by atoms with Crippen molar-refractivity contribution in [3.8, 4) is 6.07 Å². The van der Waals surface area contributed by atoms with Crippen LogP contribution in [0.2, 0.25) is 0 Å². The quantitative estimate of drug-likeness (QED) is 0.830. The van der Waals surface area contributed by atoms with Crippen molar-refractivity contribution in [1.29, 1.82) is 5.26 Å². The highest BCUT2D eigenvalue weighted by Gasteiger charge is 2.40. The molecular formula is C16H20N4O. The minimum absolute atomic E-state index is 0.0551. The lowest BCUT2D eigenvalue weighted by Crippen LogP contribution is -2.40. The zero-order valence-electron chi connectivity index (χ0n) is 12.1. The van der Waals surface area contributed by atoms with Crippen LogP contribution in [0.4, 0.5) is 10.5 Å². The van der Waals surface area contributed by atoms with Gasteiger partial charge in [0.2, 0.25) is 0 Å². The molecule has 0 atom stereocenters. The number of hydrogen-bond donors (Lipinski definition) is 2. The number of nitrogens with one attached hydrogen (secondary N) is 2. The number of urea groups is 1. The van der Waals surface area contributed by atoms with E-state index in [1.807, 2.05) is 11.0 Å². The van der Waals surface area contributed by atoms with Gasteiger partial charge in [0.15, 0.2) is 0 Å². The van der Waals surface area contributed by atoms with E-state index in [1.165, 1.54) is 0 Å². The van der Waals surface area contributed by atoms with E-state index in [4.69, 9.17) is 5.26 Å². The Labute approximate surface area is 124 Å². The Morgan fingerprint density at radius 1 is 1.33 bits per heavy atom. The second-order valence-electron chi connectivity index (χ2n) is 6.04. The Hall–Kier alpha value is -2.06. The molecule has 0 aromatic heterocycles. The maximum absolute atomic E-state index is 12.4. The van der Waals surface area contributed by atoms with Crippen molar-refractivity contribution in [3.63, 3.8) is 0 Å². The molecule has 2 saturated heterocycles. The zero-order chi connectivity index (χ0) is 14.7. The summed E-state index contributed by atoms with van der Waals surface area (Å²) in [7, 11) is 0. The number of likely N-dealkylation sites (tertiary alicyclic amines) is 1. The first-order valence-corrected chi connectivity index (χ1v) is 7.48. The molecule has 0 saturated carbocycles. The Morgan fingerprint density at radius 3 is 2.90 bits per heavy atom. The molecule has 0 unspecified atom stereocenters. The van der Waals surface area contributed by atoms with Gasteiger partial charge < -0.3 is 15.5 Å². The predicted molar refractivity (Wildman–Crippen MR) is 80.9 cm³/mol. The van der Waals surface area contributed by atoms with Crippen molar-refractivity contribution in [2.75, 3.05) is 31.5 Å². The summed E-state index contributed by atoms with van der Waals surface area (Å²) >= 11 is 0. The predicted octanol–water partition coefficient (Wildman–Crippen LogP) is 2.17. The fourth-order valence-electron chi connectivity index (χ4n) is 3.34. The Bertz CT molecular complexity index is 572. The molecule has 0 radical (unpaired) electrons. The van der Waals surface area contributed by atoms with E-state index in [9.17, 15) is 4.79 Å². The maximum atomic E-state index is 12.4.